The summed E-state index contributed by atoms with van der Waals surface area (Å²) < 4.78 is 0. The molecule has 104 valence electrons. The quantitative estimate of drug-likeness (QED) is 0.783. The molecule has 0 bridgehead atoms. The van der Waals surface area contributed by atoms with Crippen molar-refractivity contribution in [2.75, 3.05) is 13.1 Å². The lowest BCUT2D eigenvalue weighted by Crippen LogP contribution is -2.47. The fourth-order valence-corrected chi connectivity index (χ4v) is 3.24. The predicted octanol–water partition coefficient (Wildman–Crippen LogP) is 3.89. The van der Waals surface area contributed by atoms with E-state index in [1.807, 2.05) is 18.2 Å². The predicted molar refractivity (Wildman–Crippen MR) is 79.8 cm³/mol. The molecule has 1 fully saturated rings. The molecular weight excluding hydrogens is 258 g/mol. The van der Waals surface area contributed by atoms with Crippen molar-refractivity contribution in [3.05, 3.63) is 34.9 Å². The van der Waals surface area contributed by atoms with Gasteiger partial charge in [-0.05, 0) is 37.3 Å². The molecule has 1 aliphatic heterocycles. The highest BCUT2D eigenvalue weighted by molar-refractivity contribution is 6.34. The van der Waals surface area contributed by atoms with Crippen molar-refractivity contribution in [3.63, 3.8) is 0 Å². The summed E-state index contributed by atoms with van der Waals surface area (Å²) in [4.78, 5) is 14.7. The Balaban J connectivity index is 2.08. The summed E-state index contributed by atoms with van der Waals surface area (Å²) in [5.74, 6) is 1.42. The Hall–Kier alpha value is -0.860. The normalized spacial score (nSPS) is 28.3. The molecule has 3 atom stereocenters. The summed E-state index contributed by atoms with van der Waals surface area (Å²) in [6.45, 7) is 8.22. The summed E-state index contributed by atoms with van der Waals surface area (Å²) in [5.41, 5.74) is 0.641. The highest BCUT2D eigenvalue weighted by atomic mass is 35.5. The minimum Gasteiger partial charge on any atom is -0.293 e. The fraction of sp³-hybridized carbons (Fsp3) is 0.562. The summed E-state index contributed by atoms with van der Waals surface area (Å²) in [5, 5.41) is 0.554. The molecule has 1 aromatic rings. The van der Waals surface area contributed by atoms with E-state index in [9.17, 15) is 4.79 Å². The van der Waals surface area contributed by atoms with Gasteiger partial charge in [-0.25, -0.2) is 0 Å². The molecule has 1 saturated heterocycles. The van der Waals surface area contributed by atoms with Crippen LogP contribution in [-0.2, 0) is 0 Å². The lowest BCUT2D eigenvalue weighted by Gasteiger charge is -2.40. The van der Waals surface area contributed by atoms with Gasteiger partial charge in [0.05, 0.1) is 11.6 Å². The number of carbonyl (C=O) groups is 1. The van der Waals surface area contributed by atoms with E-state index in [2.05, 4.69) is 25.7 Å². The topological polar surface area (TPSA) is 20.3 Å². The van der Waals surface area contributed by atoms with Gasteiger partial charge in [-0.15, -0.1) is 0 Å². The van der Waals surface area contributed by atoms with Crippen molar-refractivity contribution in [2.45, 2.75) is 33.2 Å². The highest BCUT2D eigenvalue weighted by Crippen LogP contribution is 2.27. The third kappa shape index (κ3) is 3.37. The summed E-state index contributed by atoms with van der Waals surface area (Å²) in [7, 11) is 0. The zero-order valence-corrected chi connectivity index (χ0v) is 12.7. The van der Waals surface area contributed by atoms with E-state index in [4.69, 9.17) is 11.6 Å². The molecular formula is C16H22ClNO. The Bertz CT molecular complexity index is 460. The van der Waals surface area contributed by atoms with E-state index >= 15 is 0 Å². The van der Waals surface area contributed by atoms with Crippen LogP contribution in [0.2, 0.25) is 5.02 Å². The second-order valence-electron chi connectivity index (χ2n) is 5.89. The minimum absolute atomic E-state index is 0.124. The standard InChI is InChI=1S/C16H22ClNO/c1-11-8-12(2)13(3)18(9-11)10-16(19)14-6-4-5-7-15(14)17/h4-7,11-13H,8-10H2,1-3H3. The summed E-state index contributed by atoms with van der Waals surface area (Å²) in [6, 6.07) is 7.77. The van der Waals surface area contributed by atoms with Crippen molar-refractivity contribution in [1.82, 2.24) is 4.90 Å². The average molecular weight is 280 g/mol. The van der Waals surface area contributed by atoms with Crippen LogP contribution in [0.1, 0.15) is 37.6 Å². The number of hydrogen-bond acceptors (Lipinski definition) is 2. The maximum absolute atomic E-state index is 12.4. The van der Waals surface area contributed by atoms with Gasteiger partial charge in [0.25, 0.3) is 0 Å². The van der Waals surface area contributed by atoms with Crippen LogP contribution < -0.4 is 0 Å². The second-order valence-corrected chi connectivity index (χ2v) is 6.30. The number of Topliss-reactive ketones (excluding diaryl/α,β-unsaturated/α-hetero) is 1. The van der Waals surface area contributed by atoms with Crippen LogP contribution in [0.4, 0.5) is 0 Å². The molecule has 2 nitrogen and oxygen atoms in total. The maximum Gasteiger partial charge on any atom is 0.178 e. The Kier molecular flexibility index (Phi) is 4.64. The van der Waals surface area contributed by atoms with Gasteiger partial charge >= 0.3 is 0 Å². The lowest BCUT2D eigenvalue weighted by molar-refractivity contribution is 0.0650. The zero-order valence-electron chi connectivity index (χ0n) is 11.9. The van der Waals surface area contributed by atoms with Gasteiger partial charge in [-0.2, -0.15) is 0 Å². The van der Waals surface area contributed by atoms with E-state index in [1.165, 1.54) is 6.42 Å². The molecule has 1 aliphatic rings. The van der Waals surface area contributed by atoms with Crippen LogP contribution in [0.25, 0.3) is 0 Å². The highest BCUT2D eigenvalue weighted by Gasteiger charge is 2.30. The van der Waals surface area contributed by atoms with Gasteiger partial charge in [-0.1, -0.05) is 37.6 Å². The van der Waals surface area contributed by atoms with Gasteiger partial charge in [-0.3, -0.25) is 9.69 Å². The van der Waals surface area contributed by atoms with E-state index < -0.39 is 0 Å². The van der Waals surface area contributed by atoms with Gasteiger partial charge in [0.2, 0.25) is 0 Å². The number of hydrogen-bond donors (Lipinski definition) is 0. The first-order valence-electron chi connectivity index (χ1n) is 7.00. The second kappa shape index (κ2) is 6.06. The first-order chi connectivity index (χ1) is 8.99. The zero-order chi connectivity index (χ0) is 14.0. The van der Waals surface area contributed by atoms with Crippen LogP contribution in [0.15, 0.2) is 24.3 Å². The molecule has 19 heavy (non-hydrogen) atoms. The molecule has 2 rings (SSSR count). The Morgan fingerprint density at radius 2 is 2.00 bits per heavy atom. The Labute approximate surface area is 120 Å². The van der Waals surface area contributed by atoms with E-state index in [0.717, 1.165) is 6.54 Å². The number of halogens is 1. The number of rotatable bonds is 3. The molecule has 0 radical (unpaired) electrons. The largest absolute Gasteiger partial charge is 0.293 e. The Morgan fingerprint density at radius 3 is 2.68 bits per heavy atom. The first kappa shape index (κ1) is 14.5. The fourth-order valence-electron chi connectivity index (χ4n) is 3.00. The molecule has 0 saturated carbocycles. The van der Waals surface area contributed by atoms with Crippen molar-refractivity contribution in [2.24, 2.45) is 11.8 Å². The van der Waals surface area contributed by atoms with Crippen LogP contribution >= 0.6 is 11.6 Å². The van der Waals surface area contributed by atoms with Gasteiger partial charge in [0.1, 0.15) is 0 Å². The minimum atomic E-state index is 0.124. The van der Waals surface area contributed by atoms with Gasteiger partial charge in [0.15, 0.2) is 5.78 Å². The van der Waals surface area contributed by atoms with E-state index in [1.54, 1.807) is 6.07 Å². The third-order valence-electron chi connectivity index (χ3n) is 4.24. The van der Waals surface area contributed by atoms with Crippen molar-refractivity contribution >= 4 is 17.4 Å². The third-order valence-corrected chi connectivity index (χ3v) is 4.57. The number of nitrogens with zero attached hydrogens (tertiary/aromatic N) is 1. The van der Waals surface area contributed by atoms with Crippen molar-refractivity contribution in [1.29, 1.82) is 0 Å². The molecule has 0 aromatic heterocycles. The Morgan fingerprint density at radius 1 is 1.32 bits per heavy atom. The van der Waals surface area contributed by atoms with Gasteiger partial charge < -0.3 is 0 Å². The number of carbonyl (C=O) groups excluding carboxylic acids is 1. The van der Waals surface area contributed by atoms with Crippen LogP contribution in [0.3, 0.4) is 0 Å². The van der Waals surface area contributed by atoms with Crippen molar-refractivity contribution < 1.29 is 4.79 Å². The smallest absolute Gasteiger partial charge is 0.178 e. The number of ketones is 1. The van der Waals surface area contributed by atoms with Crippen molar-refractivity contribution in [3.8, 4) is 0 Å². The molecule has 0 aliphatic carbocycles. The molecule has 0 spiro atoms. The molecule has 0 amide bonds. The summed E-state index contributed by atoms with van der Waals surface area (Å²) >= 11 is 6.09. The summed E-state index contributed by atoms with van der Waals surface area (Å²) in [6.07, 6.45) is 1.25. The number of likely N-dealkylation sites (tertiary alicyclic amines) is 1. The number of piperidine rings is 1. The van der Waals surface area contributed by atoms with Gasteiger partial charge in [0, 0.05) is 18.2 Å². The monoisotopic (exact) mass is 279 g/mol. The molecule has 3 unspecified atom stereocenters. The SMILES string of the molecule is CC1CC(C)C(C)N(CC(=O)c2ccccc2Cl)C1. The van der Waals surface area contributed by atoms with Crippen LogP contribution in [-0.4, -0.2) is 29.8 Å². The lowest BCUT2D eigenvalue weighted by atomic mass is 9.86. The molecule has 1 aromatic carbocycles. The molecule has 3 heteroatoms. The van der Waals surface area contributed by atoms with E-state index in [-0.39, 0.29) is 5.78 Å². The maximum atomic E-state index is 12.4. The number of benzene rings is 1. The van der Waals surface area contributed by atoms with Crippen LogP contribution in [0.5, 0.6) is 0 Å². The molecule has 0 N–H and O–H groups in total. The van der Waals surface area contributed by atoms with Crippen LogP contribution in [0, 0.1) is 11.8 Å². The molecule has 1 heterocycles. The first-order valence-corrected chi connectivity index (χ1v) is 7.38. The van der Waals surface area contributed by atoms with E-state index in [0.29, 0.717) is 35.0 Å². The average Bonchev–Trinajstić information content (AvgIpc) is 2.35.